The van der Waals surface area contributed by atoms with Gasteiger partial charge >= 0.3 is 0 Å². The maximum absolute atomic E-state index is 12.3. The number of carbonyl (C=O) groups excluding carboxylic acids is 1. The number of ketones is 1. The molecule has 1 atom stereocenters. The summed E-state index contributed by atoms with van der Waals surface area (Å²) in [6.45, 7) is 4.03. The van der Waals surface area contributed by atoms with Crippen LogP contribution < -0.4 is 4.74 Å². The molecule has 0 N–H and O–H groups in total. The van der Waals surface area contributed by atoms with E-state index >= 15 is 0 Å². The van der Waals surface area contributed by atoms with Gasteiger partial charge in [0, 0.05) is 5.57 Å². The van der Waals surface area contributed by atoms with E-state index < -0.39 is 0 Å². The van der Waals surface area contributed by atoms with Crippen molar-refractivity contribution in [1.82, 2.24) is 0 Å². The fourth-order valence-electron chi connectivity index (χ4n) is 2.58. The van der Waals surface area contributed by atoms with E-state index in [-0.39, 0.29) is 11.9 Å². The van der Waals surface area contributed by atoms with Crippen LogP contribution in [0.2, 0.25) is 0 Å². The summed E-state index contributed by atoms with van der Waals surface area (Å²) in [5, 5.41) is 0. The van der Waals surface area contributed by atoms with Crippen LogP contribution in [0.5, 0.6) is 5.75 Å². The van der Waals surface area contributed by atoms with Gasteiger partial charge in [-0.25, -0.2) is 0 Å². The highest BCUT2D eigenvalue weighted by Crippen LogP contribution is 2.38. The minimum Gasteiger partial charge on any atom is -0.485 e. The van der Waals surface area contributed by atoms with Gasteiger partial charge in [0.15, 0.2) is 5.78 Å². The molecule has 0 radical (unpaired) electrons. The molecule has 0 fully saturated rings. The molecule has 1 aromatic rings. The van der Waals surface area contributed by atoms with Crippen molar-refractivity contribution in [1.29, 1.82) is 0 Å². The van der Waals surface area contributed by atoms with Crippen LogP contribution in [-0.2, 0) is 0 Å². The van der Waals surface area contributed by atoms with Crippen LogP contribution >= 0.6 is 0 Å². The van der Waals surface area contributed by atoms with Crippen LogP contribution in [0.4, 0.5) is 0 Å². The van der Waals surface area contributed by atoms with Gasteiger partial charge in [-0.3, -0.25) is 4.79 Å². The fourth-order valence-corrected chi connectivity index (χ4v) is 2.58. The van der Waals surface area contributed by atoms with Crippen LogP contribution in [0, 0.1) is 6.92 Å². The van der Waals surface area contributed by atoms with Crippen LogP contribution in [0.15, 0.2) is 29.3 Å². The number of fused-ring (bicyclic) bond motifs is 2. The van der Waals surface area contributed by atoms with Gasteiger partial charge in [-0.15, -0.1) is 0 Å². The van der Waals surface area contributed by atoms with Crippen molar-refractivity contribution >= 4 is 5.78 Å². The normalized spacial score (nSPS) is 22.9. The molecular weight excluding hydrogens is 200 g/mol. The van der Waals surface area contributed by atoms with Crippen molar-refractivity contribution in [3.8, 4) is 5.75 Å². The van der Waals surface area contributed by atoms with E-state index in [0.717, 1.165) is 35.3 Å². The van der Waals surface area contributed by atoms with Crippen LogP contribution in [0.1, 0.15) is 35.7 Å². The number of Topliss-reactive ketones (excluding diaryl/α,β-unsaturated/α-hetero) is 1. The Morgan fingerprint density at radius 1 is 1.31 bits per heavy atom. The molecule has 1 aliphatic heterocycles. The first-order chi connectivity index (χ1) is 7.66. The summed E-state index contributed by atoms with van der Waals surface area (Å²) in [6.07, 6.45) is 1.93. The van der Waals surface area contributed by atoms with Crippen molar-refractivity contribution in [2.45, 2.75) is 32.8 Å². The molecule has 0 bridgehead atoms. The maximum Gasteiger partial charge on any atom is 0.196 e. The minimum absolute atomic E-state index is 0.00251. The monoisotopic (exact) mass is 214 g/mol. The van der Waals surface area contributed by atoms with Crippen LogP contribution in [0.3, 0.4) is 0 Å². The van der Waals surface area contributed by atoms with Gasteiger partial charge in [0.05, 0.1) is 5.56 Å². The van der Waals surface area contributed by atoms with Crippen molar-refractivity contribution in [3.05, 3.63) is 40.5 Å². The predicted octanol–water partition coefficient (Wildman–Crippen LogP) is 3.05. The SMILES string of the molecule is CC1=C2C(=O)c3cc(C)ccc3OC2CC1. The topological polar surface area (TPSA) is 26.3 Å². The van der Waals surface area contributed by atoms with Crippen molar-refractivity contribution < 1.29 is 9.53 Å². The molecule has 0 spiro atoms. The zero-order valence-corrected chi connectivity index (χ0v) is 9.54. The van der Waals surface area contributed by atoms with E-state index in [4.69, 9.17) is 4.74 Å². The second-order valence-electron chi connectivity index (χ2n) is 4.67. The van der Waals surface area contributed by atoms with E-state index in [1.165, 1.54) is 5.57 Å². The smallest absolute Gasteiger partial charge is 0.196 e. The molecule has 1 heterocycles. The van der Waals surface area contributed by atoms with E-state index in [0.29, 0.717) is 0 Å². The highest BCUT2D eigenvalue weighted by Gasteiger charge is 2.36. The molecule has 82 valence electrons. The second-order valence-corrected chi connectivity index (χ2v) is 4.67. The molecule has 16 heavy (non-hydrogen) atoms. The summed E-state index contributed by atoms with van der Waals surface area (Å²) in [5.41, 5.74) is 3.93. The third kappa shape index (κ3) is 1.22. The number of benzene rings is 1. The number of hydrogen-bond donors (Lipinski definition) is 0. The van der Waals surface area contributed by atoms with Crippen LogP contribution in [-0.4, -0.2) is 11.9 Å². The number of hydrogen-bond acceptors (Lipinski definition) is 2. The molecule has 0 aromatic heterocycles. The third-order valence-corrected chi connectivity index (χ3v) is 3.46. The van der Waals surface area contributed by atoms with Gasteiger partial charge in [0.2, 0.25) is 0 Å². The largest absolute Gasteiger partial charge is 0.485 e. The standard InChI is InChI=1S/C14H14O2/c1-8-3-5-11-10(7-8)14(15)13-9(2)4-6-12(13)16-11/h3,5,7,12H,4,6H2,1-2H3. The molecule has 0 amide bonds. The Bertz CT molecular complexity index is 511. The molecule has 0 saturated carbocycles. The van der Waals surface area contributed by atoms with E-state index in [9.17, 15) is 4.79 Å². The van der Waals surface area contributed by atoms with Crippen molar-refractivity contribution in [2.75, 3.05) is 0 Å². The number of allylic oxidation sites excluding steroid dienone is 1. The molecule has 3 rings (SSSR count). The summed E-state index contributed by atoms with van der Waals surface area (Å²) >= 11 is 0. The van der Waals surface area contributed by atoms with Crippen molar-refractivity contribution in [2.24, 2.45) is 0 Å². The Hall–Kier alpha value is -1.57. The molecule has 1 aromatic carbocycles. The second kappa shape index (κ2) is 3.21. The first kappa shape index (κ1) is 9.64. The Kier molecular flexibility index (Phi) is 1.93. The fraction of sp³-hybridized carbons (Fsp3) is 0.357. The van der Waals surface area contributed by atoms with Gasteiger partial charge in [0.1, 0.15) is 11.9 Å². The molecule has 2 nitrogen and oxygen atoms in total. The minimum atomic E-state index is 0.00251. The van der Waals surface area contributed by atoms with Crippen LogP contribution in [0.25, 0.3) is 0 Å². The van der Waals surface area contributed by atoms with Gasteiger partial charge in [-0.1, -0.05) is 17.2 Å². The molecule has 0 saturated heterocycles. The number of carbonyl (C=O) groups is 1. The Balaban J connectivity index is 2.17. The van der Waals surface area contributed by atoms with E-state index in [1.807, 2.05) is 32.0 Å². The number of aryl methyl sites for hydroxylation is 1. The summed E-state index contributed by atoms with van der Waals surface area (Å²) < 4.78 is 5.87. The molecule has 1 aliphatic carbocycles. The summed E-state index contributed by atoms with van der Waals surface area (Å²) in [7, 11) is 0. The Morgan fingerprint density at radius 2 is 2.12 bits per heavy atom. The predicted molar refractivity (Wildman–Crippen MR) is 61.9 cm³/mol. The number of rotatable bonds is 0. The van der Waals surface area contributed by atoms with Gasteiger partial charge in [-0.2, -0.15) is 0 Å². The van der Waals surface area contributed by atoms with Gasteiger partial charge in [-0.05, 0) is 38.8 Å². The van der Waals surface area contributed by atoms with Gasteiger partial charge < -0.3 is 4.74 Å². The highest BCUT2D eigenvalue weighted by molar-refractivity contribution is 6.13. The highest BCUT2D eigenvalue weighted by atomic mass is 16.5. The Labute approximate surface area is 94.9 Å². The molecular formula is C14H14O2. The first-order valence-electron chi connectivity index (χ1n) is 5.68. The first-order valence-corrected chi connectivity index (χ1v) is 5.68. The lowest BCUT2D eigenvalue weighted by atomic mass is 9.94. The molecule has 1 unspecified atom stereocenters. The third-order valence-electron chi connectivity index (χ3n) is 3.46. The molecule has 2 aliphatic rings. The zero-order chi connectivity index (χ0) is 11.3. The quantitative estimate of drug-likeness (QED) is 0.663. The lowest BCUT2D eigenvalue weighted by molar-refractivity contribution is 0.0965. The summed E-state index contributed by atoms with van der Waals surface area (Å²) in [5.74, 6) is 0.920. The average Bonchev–Trinajstić information content (AvgIpc) is 2.62. The summed E-state index contributed by atoms with van der Waals surface area (Å²) in [6, 6.07) is 5.82. The van der Waals surface area contributed by atoms with Gasteiger partial charge in [0.25, 0.3) is 0 Å². The lowest BCUT2D eigenvalue weighted by Gasteiger charge is -2.25. The maximum atomic E-state index is 12.3. The van der Waals surface area contributed by atoms with Crippen molar-refractivity contribution in [3.63, 3.8) is 0 Å². The summed E-state index contributed by atoms with van der Waals surface area (Å²) in [4.78, 5) is 12.3. The number of ether oxygens (including phenoxy) is 1. The Morgan fingerprint density at radius 3 is 2.94 bits per heavy atom. The zero-order valence-electron chi connectivity index (χ0n) is 9.54. The molecule has 2 heteroatoms. The van der Waals surface area contributed by atoms with E-state index in [2.05, 4.69) is 0 Å². The lowest BCUT2D eigenvalue weighted by Crippen LogP contribution is -2.27. The van der Waals surface area contributed by atoms with E-state index in [1.54, 1.807) is 0 Å². The average molecular weight is 214 g/mol.